The first kappa shape index (κ1) is 22.1. The molecular weight excluding hydrogens is 435 g/mol. The van der Waals surface area contributed by atoms with Crippen LogP contribution in [0.1, 0.15) is 36.0 Å². The minimum Gasteiger partial charge on any atom is -0.497 e. The Morgan fingerprint density at radius 1 is 1.28 bits per heavy atom. The van der Waals surface area contributed by atoms with Gasteiger partial charge in [-0.2, -0.15) is 0 Å². The third-order valence-corrected chi connectivity index (χ3v) is 5.75. The van der Waals surface area contributed by atoms with Crippen molar-refractivity contribution in [2.24, 2.45) is 0 Å². The maximum absolute atomic E-state index is 13.3. The second-order valence-corrected chi connectivity index (χ2v) is 8.14. The lowest BCUT2D eigenvalue weighted by atomic mass is 9.98. The van der Waals surface area contributed by atoms with E-state index >= 15 is 0 Å². The quantitative estimate of drug-likeness (QED) is 0.506. The van der Waals surface area contributed by atoms with Crippen LogP contribution in [0.3, 0.4) is 0 Å². The Morgan fingerprint density at radius 3 is 2.97 bits per heavy atom. The summed E-state index contributed by atoms with van der Waals surface area (Å²) in [6.45, 7) is 1.03. The highest BCUT2D eigenvalue weighted by Gasteiger charge is 2.28. The van der Waals surface area contributed by atoms with Gasteiger partial charge in [-0.3, -0.25) is 4.79 Å². The van der Waals surface area contributed by atoms with Crippen molar-refractivity contribution in [1.29, 1.82) is 0 Å². The molecule has 1 fully saturated rings. The molecule has 3 aromatic rings. The first-order valence-electron chi connectivity index (χ1n) is 10.4. The molecule has 168 valence electrons. The van der Waals surface area contributed by atoms with Crippen LogP contribution in [0.15, 0.2) is 53.1 Å². The van der Waals surface area contributed by atoms with Crippen molar-refractivity contribution in [2.45, 2.75) is 25.2 Å². The highest BCUT2D eigenvalue weighted by molar-refractivity contribution is 6.30. The van der Waals surface area contributed by atoms with Crippen LogP contribution in [0, 0.1) is 5.82 Å². The minimum atomic E-state index is -0.527. The Morgan fingerprint density at radius 2 is 2.16 bits per heavy atom. The molecule has 1 aliphatic rings. The molecule has 2 aromatic carbocycles. The summed E-state index contributed by atoms with van der Waals surface area (Å²) in [6.07, 6.45) is 4.12. The zero-order valence-electron chi connectivity index (χ0n) is 17.7. The van der Waals surface area contributed by atoms with Gasteiger partial charge in [0.2, 0.25) is 0 Å². The van der Waals surface area contributed by atoms with Gasteiger partial charge >= 0.3 is 0 Å². The Bertz CT molecular complexity index is 1090. The molecule has 1 aromatic heterocycles. The molecule has 4 rings (SSSR count). The summed E-state index contributed by atoms with van der Waals surface area (Å²) < 4.78 is 30.0. The number of hydrogen-bond acceptors (Lipinski definition) is 5. The van der Waals surface area contributed by atoms with Gasteiger partial charge in [0.1, 0.15) is 23.1 Å². The minimum absolute atomic E-state index is 0.0343. The molecule has 0 saturated carbocycles. The fraction of sp³-hybridized carbons (Fsp3) is 0.333. The fourth-order valence-electron chi connectivity index (χ4n) is 3.78. The number of likely N-dealkylation sites (tertiary alicyclic amines) is 1. The van der Waals surface area contributed by atoms with Crippen LogP contribution in [0.5, 0.6) is 11.5 Å². The molecule has 0 radical (unpaired) electrons. The van der Waals surface area contributed by atoms with Crippen LogP contribution in [0.25, 0.3) is 0 Å². The van der Waals surface area contributed by atoms with Crippen molar-refractivity contribution in [2.75, 3.05) is 26.8 Å². The molecule has 1 aliphatic heterocycles. The van der Waals surface area contributed by atoms with E-state index in [9.17, 15) is 9.18 Å². The zero-order chi connectivity index (χ0) is 22.5. The molecule has 1 saturated heterocycles. The lowest BCUT2D eigenvalue weighted by Gasteiger charge is -2.31. The number of halogens is 2. The van der Waals surface area contributed by atoms with Crippen molar-refractivity contribution in [3.05, 3.63) is 76.7 Å². The number of rotatable bonds is 7. The highest BCUT2D eigenvalue weighted by Crippen LogP contribution is 2.28. The largest absolute Gasteiger partial charge is 0.497 e. The molecule has 1 unspecified atom stereocenters. The average molecular weight is 459 g/mol. The molecule has 1 atom stereocenters. The zero-order valence-corrected chi connectivity index (χ0v) is 18.5. The third kappa shape index (κ3) is 5.40. The van der Waals surface area contributed by atoms with Crippen molar-refractivity contribution in [1.82, 2.24) is 9.88 Å². The van der Waals surface area contributed by atoms with Crippen molar-refractivity contribution in [3.8, 4) is 11.5 Å². The molecular formula is C24H24ClFN2O4. The number of methoxy groups -OCH3 is 1. The standard InChI is InChI=1S/C24H24ClFN2O4/c1-30-18-6-2-4-16(10-18)11-20-13-27-24(32-20)17-5-3-9-28(14-17)23(29)15-31-19-7-8-22(26)21(25)12-19/h2,4,6-8,10,12-13,17H,3,5,9,11,14-15H2,1H3. The van der Waals surface area contributed by atoms with E-state index in [1.54, 1.807) is 18.2 Å². The van der Waals surface area contributed by atoms with E-state index in [1.165, 1.54) is 18.2 Å². The number of nitrogens with zero attached hydrogens (tertiary/aromatic N) is 2. The predicted octanol–water partition coefficient (Wildman–Crippen LogP) is 4.85. The van der Waals surface area contributed by atoms with Gasteiger partial charge in [-0.15, -0.1) is 0 Å². The Kier molecular flexibility index (Phi) is 6.95. The molecule has 0 spiro atoms. The summed E-state index contributed by atoms with van der Waals surface area (Å²) >= 11 is 5.76. The number of piperidine rings is 1. The molecule has 6 nitrogen and oxygen atoms in total. The smallest absolute Gasteiger partial charge is 0.260 e. The number of benzene rings is 2. The van der Waals surface area contributed by atoms with E-state index in [1.807, 2.05) is 24.3 Å². The van der Waals surface area contributed by atoms with Crippen LogP contribution < -0.4 is 9.47 Å². The Hall–Kier alpha value is -3.06. The van der Waals surface area contributed by atoms with Crippen LogP contribution in [-0.2, 0) is 11.2 Å². The lowest BCUT2D eigenvalue weighted by Crippen LogP contribution is -2.41. The van der Waals surface area contributed by atoms with Crippen LogP contribution in [0.4, 0.5) is 4.39 Å². The van der Waals surface area contributed by atoms with E-state index in [-0.39, 0.29) is 23.5 Å². The molecule has 0 N–H and O–H groups in total. The molecule has 32 heavy (non-hydrogen) atoms. The van der Waals surface area contributed by atoms with Crippen molar-refractivity contribution >= 4 is 17.5 Å². The lowest BCUT2D eigenvalue weighted by molar-refractivity contribution is -0.134. The number of carbonyl (C=O) groups excluding carboxylic acids is 1. The second kappa shape index (κ2) is 10.0. The van der Waals surface area contributed by atoms with Crippen LogP contribution in [0.2, 0.25) is 5.02 Å². The average Bonchev–Trinajstić information content (AvgIpc) is 3.28. The summed E-state index contributed by atoms with van der Waals surface area (Å²) in [5.74, 6) is 1.94. The normalized spacial score (nSPS) is 16.1. The van der Waals surface area contributed by atoms with E-state index in [4.69, 9.17) is 25.5 Å². The summed E-state index contributed by atoms with van der Waals surface area (Å²) in [6, 6.07) is 11.8. The SMILES string of the molecule is COc1cccc(Cc2cnc(C3CCCN(C(=O)COc4ccc(F)c(Cl)c4)C3)o2)c1. The van der Waals surface area contributed by atoms with Crippen molar-refractivity contribution < 1.29 is 23.1 Å². The van der Waals surface area contributed by atoms with Gasteiger partial charge in [-0.05, 0) is 42.7 Å². The maximum atomic E-state index is 13.3. The molecule has 8 heteroatoms. The predicted molar refractivity (Wildman–Crippen MR) is 118 cm³/mol. The summed E-state index contributed by atoms with van der Waals surface area (Å²) in [5.41, 5.74) is 1.07. The number of aromatic nitrogens is 1. The van der Waals surface area contributed by atoms with Gasteiger partial charge in [0.15, 0.2) is 12.5 Å². The van der Waals surface area contributed by atoms with Gasteiger partial charge in [0.05, 0.1) is 24.2 Å². The number of amides is 1. The van der Waals surface area contributed by atoms with E-state index in [2.05, 4.69) is 4.98 Å². The van der Waals surface area contributed by atoms with Gasteiger partial charge < -0.3 is 18.8 Å². The number of hydrogen-bond donors (Lipinski definition) is 0. The van der Waals surface area contributed by atoms with Gasteiger partial charge in [0.25, 0.3) is 5.91 Å². The van der Waals surface area contributed by atoms with Crippen LogP contribution in [-0.4, -0.2) is 42.6 Å². The number of ether oxygens (including phenoxy) is 2. The van der Waals surface area contributed by atoms with Crippen molar-refractivity contribution in [3.63, 3.8) is 0 Å². The Labute approximate surface area is 190 Å². The first-order chi connectivity index (χ1) is 15.5. The number of carbonyl (C=O) groups is 1. The molecule has 2 heterocycles. The highest BCUT2D eigenvalue weighted by atomic mass is 35.5. The van der Waals surface area contributed by atoms with Gasteiger partial charge in [0, 0.05) is 25.6 Å². The topological polar surface area (TPSA) is 64.8 Å². The monoisotopic (exact) mass is 458 g/mol. The molecule has 0 bridgehead atoms. The third-order valence-electron chi connectivity index (χ3n) is 5.46. The Balaban J connectivity index is 1.34. The fourth-order valence-corrected chi connectivity index (χ4v) is 3.96. The first-order valence-corrected chi connectivity index (χ1v) is 10.8. The summed E-state index contributed by atoms with van der Waals surface area (Å²) in [5, 5.41) is -0.0402. The maximum Gasteiger partial charge on any atom is 0.260 e. The van der Waals surface area contributed by atoms with Gasteiger partial charge in [-0.1, -0.05) is 23.7 Å². The summed E-state index contributed by atoms with van der Waals surface area (Å²) in [7, 11) is 1.64. The second-order valence-electron chi connectivity index (χ2n) is 7.74. The molecule has 1 amide bonds. The van der Waals surface area contributed by atoms with Crippen LogP contribution >= 0.6 is 11.6 Å². The van der Waals surface area contributed by atoms with E-state index in [0.29, 0.717) is 31.2 Å². The molecule has 0 aliphatic carbocycles. The van der Waals surface area contributed by atoms with E-state index < -0.39 is 5.82 Å². The summed E-state index contributed by atoms with van der Waals surface area (Å²) in [4.78, 5) is 18.9. The van der Waals surface area contributed by atoms with Gasteiger partial charge in [-0.25, -0.2) is 9.37 Å². The van der Waals surface area contributed by atoms with E-state index in [0.717, 1.165) is 29.9 Å². The number of oxazole rings is 1.